The Morgan fingerprint density at radius 1 is 0.955 bits per heavy atom. The van der Waals surface area contributed by atoms with Crippen LogP contribution in [0.4, 0.5) is 5.69 Å². The number of carbonyl (C=O) groups excluding carboxylic acids is 2. The summed E-state index contributed by atoms with van der Waals surface area (Å²) in [6.07, 6.45) is 0.0558. The zero-order chi connectivity index (χ0) is 32.5. The number of sulfone groups is 1. The number of hydrogen-bond donors (Lipinski definition) is 3. The van der Waals surface area contributed by atoms with Gasteiger partial charge in [0.25, 0.3) is 0 Å². The summed E-state index contributed by atoms with van der Waals surface area (Å²) in [6.45, 7) is 10.00. The third-order valence-corrected chi connectivity index (χ3v) is 8.54. The molecule has 0 saturated carbocycles. The molecule has 1 unspecified atom stereocenters. The van der Waals surface area contributed by atoms with Crippen molar-refractivity contribution in [1.29, 1.82) is 0 Å². The molecule has 3 aromatic rings. The van der Waals surface area contributed by atoms with Gasteiger partial charge in [-0.3, -0.25) is 4.79 Å². The van der Waals surface area contributed by atoms with Gasteiger partial charge in [0.2, 0.25) is 9.84 Å². The second-order valence-electron chi connectivity index (χ2n) is 11.2. The van der Waals surface area contributed by atoms with E-state index in [9.17, 15) is 23.1 Å². The molecule has 3 N–H and O–H groups in total. The van der Waals surface area contributed by atoms with E-state index in [1.165, 1.54) is 24.3 Å². The van der Waals surface area contributed by atoms with E-state index in [1.807, 2.05) is 6.92 Å². The van der Waals surface area contributed by atoms with E-state index in [2.05, 4.69) is 10.6 Å². The predicted octanol–water partition coefficient (Wildman–Crippen LogP) is 5.75. The first kappa shape index (κ1) is 35.0. The zero-order valence-electron chi connectivity index (χ0n) is 25.7. The first-order valence-corrected chi connectivity index (χ1v) is 16.4. The Balaban J connectivity index is 1.76. The number of carbonyl (C=O) groups is 2. The monoisotopic (exact) mass is 644 g/mol. The molecule has 0 radical (unpaired) electrons. The van der Waals surface area contributed by atoms with Crippen molar-refractivity contribution in [2.45, 2.75) is 75.0 Å². The van der Waals surface area contributed by atoms with Gasteiger partial charge in [0, 0.05) is 23.8 Å². The minimum absolute atomic E-state index is 0.0211. The molecule has 0 amide bonds. The Kier molecular flexibility index (Phi) is 12.4. The van der Waals surface area contributed by atoms with E-state index in [0.29, 0.717) is 35.8 Å². The van der Waals surface area contributed by atoms with Crippen molar-refractivity contribution in [3.63, 3.8) is 0 Å². The molecule has 0 spiro atoms. The summed E-state index contributed by atoms with van der Waals surface area (Å²) in [6, 6.07) is 16.4. The summed E-state index contributed by atoms with van der Waals surface area (Å²) in [5.41, 5.74) is 1.19. The summed E-state index contributed by atoms with van der Waals surface area (Å²) in [7, 11) is -3.93. The zero-order valence-corrected chi connectivity index (χ0v) is 27.3. The molecule has 238 valence electrons. The number of hydrogen-bond acceptors (Lipinski definition) is 9. The van der Waals surface area contributed by atoms with Gasteiger partial charge in [0.1, 0.15) is 17.7 Å². The van der Waals surface area contributed by atoms with Crippen LogP contribution in [0.3, 0.4) is 0 Å². The summed E-state index contributed by atoms with van der Waals surface area (Å²) < 4.78 is 37.6. The second kappa shape index (κ2) is 15.5. The third kappa shape index (κ3) is 9.53. The first-order chi connectivity index (χ1) is 20.8. The van der Waals surface area contributed by atoms with Crippen LogP contribution >= 0.6 is 11.6 Å². The number of aliphatic hydroxyl groups excluding tert-OH is 1. The van der Waals surface area contributed by atoms with Crippen LogP contribution < -0.4 is 10.6 Å². The van der Waals surface area contributed by atoms with Crippen molar-refractivity contribution in [1.82, 2.24) is 5.32 Å². The molecular weight excluding hydrogens is 604 g/mol. The van der Waals surface area contributed by atoms with Crippen LogP contribution in [0.5, 0.6) is 0 Å². The van der Waals surface area contributed by atoms with Gasteiger partial charge >= 0.3 is 11.9 Å². The standard InChI is InChI=1S/C33H41ClN2O7S/c1-6-18-35-28-16-15-26(21-27(28)31(38)42-7-2)44(40,41)25-13-11-22(12-14-25)17-19-36-29(32(39)43-33(3,4)5)30(37)23-9-8-10-24(34)20-23/h8-16,20-21,29-30,35-37H,6-7,17-19H2,1-5H3/t29?,30-/m1/s1. The van der Waals surface area contributed by atoms with Crippen LogP contribution in [-0.4, -0.2) is 56.8 Å². The molecule has 9 nitrogen and oxygen atoms in total. The first-order valence-electron chi connectivity index (χ1n) is 14.6. The maximum absolute atomic E-state index is 13.5. The van der Waals surface area contributed by atoms with Gasteiger partial charge in [-0.05, 0) is 94.1 Å². The number of esters is 2. The van der Waals surface area contributed by atoms with Crippen molar-refractivity contribution >= 4 is 39.1 Å². The maximum atomic E-state index is 13.5. The maximum Gasteiger partial charge on any atom is 0.340 e. The number of nitrogens with one attached hydrogen (secondary N) is 2. The molecule has 0 bridgehead atoms. The lowest BCUT2D eigenvalue weighted by Crippen LogP contribution is -2.46. The quantitative estimate of drug-likeness (QED) is 0.188. The van der Waals surface area contributed by atoms with Crippen LogP contribution in [0.25, 0.3) is 0 Å². The largest absolute Gasteiger partial charge is 0.462 e. The predicted molar refractivity (Wildman–Crippen MR) is 171 cm³/mol. The Morgan fingerprint density at radius 2 is 1.64 bits per heavy atom. The van der Waals surface area contributed by atoms with E-state index in [1.54, 1.807) is 70.2 Å². The second-order valence-corrected chi connectivity index (χ2v) is 13.6. The van der Waals surface area contributed by atoms with Crippen molar-refractivity contribution in [2.75, 3.05) is 25.0 Å². The molecular formula is C33H41ClN2O7S. The lowest BCUT2D eigenvalue weighted by molar-refractivity contribution is -0.160. The minimum Gasteiger partial charge on any atom is -0.462 e. The van der Waals surface area contributed by atoms with E-state index in [0.717, 1.165) is 12.0 Å². The highest BCUT2D eigenvalue weighted by molar-refractivity contribution is 7.91. The van der Waals surface area contributed by atoms with Gasteiger partial charge in [0.05, 0.1) is 22.0 Å². The topological polar surface area (TPSA) is 131 Å². The van der Waals surface area contributed by atoms with Crippen LogP contribution in [0.1, 0.15) is 68.6 Å². The van der Waals surface area contributed by atoms with Crippen LogP contribution in [0.2, 0.25) is 5.02 Å². The Labute approximate surface area is 264 Å². The average Bonchev–Trinajstić information content (AvgIpc) is 2.97. The van der Waals surface area contributed by atoms with E-state index in [4.69, 9.17) is 21.1 Å². The Morgan fingerprint density at radius 3 is 2.25 bits per heavy atom. The highest BCUT2D eigenvalue weighted by atomic mass is 35.5. The number of halogens is 1. The molecule has 0 aromatic heterocycles. The Hall–Kier alpha value is -3.44. The van der Waals surface area contributed by atoms with Crippen molar-refractivity contribution in [2.24, 2.45) is 0 Å². The summed E-state index contributed by atoms with van der Waals surface area (Å²) >= 11 is 6.09. The van der Waals surface area contributed by atoms with Crippen molar-refractivity contribution < 1.29 is 32.6 Å². The number of rotatable bonds is 14. The summed E-state index contributed by atoms with van der Waals surface area (Å²) in [4.78, 5) is 25.6. The highest BCUT2D eigenvalue weighted by Gasteiger charge is 2.32. The number of aliphatic hydroxyl groups is 1. The van der Waals surface area contributed by atoms with Gasteiger partial charge < -0.3 is 25.2 Å². The summed E-state index contributed by atoms with van der Waals surface area (Å²) in [5, 5.41) is 17.7. The smallest absolute Gasteiger partial charge is 0.340 e. The third-order valence-electron chi connectivity index (χ3n) is 6.54. The fraction of sp³-hybridized carbons (Fsp3) is 0.394. The molecule has 0 saturated heterocycles. The normalized spacial score (nSPS) is 13.2. The molecule has 2 atom stereocenters. The lowest BCUT2D eigenvalue weighted by atomic mass is 10.0. The fourth-order valence-electron chi connectivity index (χ4n) is 4.40. The molecule has 44 heavy (non-hydrogen) atoms. The van der Waals surface area contributed by atoms with Crippen LogP contribution in [0, 0.1) is 0 Å². The van der Waals surface area contributed by atoms with E-state index >= 15 is 0 Å². The van der Waals surface area contributed by atoms with E-state index < -0.39 is 39.5 Å². The number of ether oxygens (including phenoxy) is 2. The number of benzene rings is 3. The van der Waals surface area contributed by atoms with Gasteiger partial charge in [-0.2, -0.15) is 0 Å². The van der Waals surface area contributed by atoms with Gasteiger partial charge in [0.15, 0.2) is 0 Å². The van der Waals surface area contributed by atoms with Crippen LogP contribution in [0.15, 0.2) is 76.5 Å². The van der Waals surface area contributed by atoms with Gasteiger partial charge in [-0.25, -0.2) is 13.2 Å². The molecule has 0 fully saturated rings. The fourth-order valence-corrected chi connectivity index (χ4v) is 5.88. The minimum atomic E-state index is -3.93. The van der Waals surface area contributed by atoms with Crippen molar-refractivity contribution in [3.8, 4) is 0 Å². The van der Waals surface area contributed by atoms with Gasteiger partial charge in [-0.1, -0.05) is 42.8 Å². The molecule has 0 aliphatic rings. The van der Waals surface area contributed by atoms with Gasteiger partial charge in [-0.15, -0.1) is 0 Å². The van der Waals surface area contributed by atoms with E-state index in [-0.39, 0.29) is 22.0 Å². The SMILES string of the molecule is CCCNc1ccc(S(=O)(=O)c2ccc(CCNC(C(=O)OC(C)(C)C)[C@H](O)c3cccc(Cl)c3)cc2)cc1C(=O)OCC. The molecule has 3 rings (SSSR count). The average molecular weight is 645 g/mol. The number of anilines is 1. The Bertz CT molecular complexity index is 1540. The lowest BCUT2D eigenvalue weighted by Gasteiger charge is -2.27. The molecule has 0 aliphatic heterocycles. The van der Waals surface area contributed by atoms with Crippen LogP contribution in [-0.2, 0) is 30.5 Å². The molecule has 0 aliphatic carbocycles. The van der Waals surface area contributed by atoms with Crippen molar-refractivity contribution in [3.05, 3.63) is 88.4 Å². The molecule has 0 heterocycles. The molecule has 11 heteroatoms. The summed E-state index contributed by atoms with van der Waals surface area (Å²) in [5.74, 6) is -1.21. The highest BCUT2D eigenvalue weighted by Crippen LogP contribution is 2.27. The molecule has 3 aromatic carbocycles.